The molecule has 1 aliphatic carbocycles. The smallest absolute Gasteiger partial charge is 0.141 e. The first-order valence-electron chi connectivity index (χ1n) is 4.92. The van der Waals surface area contributed by atoms with E-state index in [1.54, 1.807) is 0 Å². The van der Waals surface area contributed by atoms with Crippen LogP contribution in [0, 0.1) is 0 Å². The quantitative estimate of drug-likeness (QED) is 0.885. The van der Waals surface area contributed by atoms with Gasteiger partial charge in [-0.05, 0) is 28.8 Å². The Morgan fingerprint density at radius 2 is 2.00 bits per heavy atom. The van der Waals surface area contributed by atoms with Gasteiger partial charge in [-0.1, -0.05) is 13.8 Å². The van der Waals surface area contributed by atoms with Crippen LogP contribution in [0.4, 0.5) is 5.82 Å². The van der Waals surface area contributed by atoms with Gasteiger partial charge in [-0.3, -0.25) is 0 Å². The molecule has 3 nitrogen and oxygen atoms in total. The Labute approximate surface area is 92.3 Å². The second-order valence-corrected chi connectivity index (χ2v) is 4.89. The van der Waals surface area contributed by atoms with Gasteiger partial charge in [-0.25, -0.2) is 9.97 Å². The van der Waals surface area contributed by atoms with Gasteiger partial charge in [0, 0.05) is 11.8 Å². The number of halogens is 1. The standard InChI is InChI=1S/C10H14BrN3/c1-5(2)10-13-8(6-3-4-6)7(11)9(12)14-10/h5-6H,3-4H2,1-2H3,(H2,12,13,14). The minimum Gasteiger partial charge on any atom is -0.383 e. The van der Waals surface area contributed by atoms with Crippen LogP contribution in [-0.4, -0.2) is 9.97 Å². The van der Waals surface area contributed by atoms with Crippen molar-refractivity contribution in [2.75, 3.05) is 5.73 Å². The number of hydrogen-bond donors (Lipinski definition) is 1. The first-order chi connectivity index (χ1) is 6.59. The molecule has 1 saturated carbocycles. The topological polar surface area (TPSA) is 51.8 Å². The highest BCUT2D eigenvalue weighted by molar-refractivity contribution is 9.10. The largest absolute Gasteiger partial charge is 0.383 e. The predicted molar refractivity (Wildman–Crippen MR) is 60.2 cm³/mol. The number of nitrogens with two attached hydrogens (primary N) is 1. The molecule has 0 unspecified atom stereocenters. The average molecular weight is 256 g/mol. The van der Waals surface area contributed by atoms with E-state index >= 15 is 0 Å². The van der Waals surface area contributed by atoms with E-state index in [1.165, 1.54) is 12.8 Å². The lowest BCUT2D eigenvalue weighted by Crippen LogP contribution is -2.06. The summed E-state index contributed by atoms with van der Waals surface area (Å²) < 4.78 is 0.893. The van der Waals surface area contributed by atoms with Crippen molar-refractivity contribution in [1.29, 1.82) is 0 Å². The van der Waals surface area contributed by atoms with E-state index in [1.807, 2.05) is 0 Å². The van der Waals surface area contributed by atoms with Crippen LogP contribution >= 0.6 is 15.9 Å². The van der Waals surface area contributed by atoms with Crippen molar-refractivity contribution in [3.8, 4) is 0 Å². The van der Waals surface area contributed by atoms with Crippen LogP contribution < -0.4 is 5.73 Å². The summed E-state index contributed by atoms with van der Waals surface area (Å²) in [5.41, 5.74) is 6.93. The second kappa shape index (κ2) is 3.50. The molecule has 2 N–H and O–H groups in total. The van der Waals surface area contributed by atoms with Gasteiger partial charge in [0.25, 0.3) is 0 Å². The molecule has 0 aliphatic heterocycles. The van der Waals surface area contributed by atoms with Crippen LogP contribution in [0.5, 0.6) is 0 Å². The predicted octanol–water partition coefficient (Wildman–Crippen LogP) is 2.82. The summed E-state index contributed by atoms with van der Waals surface area (Å²) in [6.45, 7) is 4.17. The Kier molecular flexibility index (Phi) is 2.47. The lowest BCUT2D eigenvalue weighted by atomic mass is 10.2. The lowest BCUT2D eigenvalue weighted by Gasteiger charge is -2.09. The van der Waals surface area contributed by atoms with Crippen molar-refractivity contribution in [3.05, 3.63) is 16.0 Å². The van der Waals surface area contributed by atoms with E-state index in [2.05, 4.69) is 39.7 Å². The number of rotatable bonds is 2. The molecule has 14 heavy (non-hydrogen) atoms. The zero-order chi connectivity index (χ0) is 10.3. The van der Waals surface area contributed by atoms with Gasteiger partial charge in [-0.15, -0.1) is 0 Å². The molecule has 0 aromatic carbocycles. The molecule has 1 aromatic heterocycles. The van der Waals surface area contributed by atoms with Crippen LogP contribution in [0.25, 0.3) is 0 Å². The Morgan fingerprint density at radius 1 is 1.36 bits per heavy atom. The molecule has 1 fully saturated rings. The molecule has 0 amide bonds. The maximum absolute atomic E-state index is 5.83. The highest BCUT2D eigenvalue weighted by atomic mass is 79.9. The Hall–Kier alpha value is -0.640. The molecule has 0 radical (unpaired) electrons. The van der Waals surface area contributed by atoms with E-state index < -0.39 is 0 Å². The minimum absolute atomic E-state index is 0.336. The molecule has 1 heterocycles. The van der Waals surface area contributed by atoms with Gasteiger partial charge in [0.05, 0.1) is 10.2 Å². The van der Waals surface area contributed by atoms with Gasteiger partial charge in [-0.2, -0.15) is 0 Å². The van der Waals surface area contributed by atoms with Crippen LogP contribution in [0.15, 0.2) is 4.47 Å². The summed E-state index contributed by atoms with van der Waals surface area (Å²) in [4.78, 5) is 8.82. The molecule has 1 aliphatic rings. The summed E-state index contributed by atoms with van der Waals surface area (Å²) in [5.74, 6) is 2.37. The lowest BCUT2D eigenvalue weighted by molar-refractivity contribution is 0.757. The van der Waals surface area contributed by atoms with E-state index in [4.69, 9.17) is 5.73 Å². The van der Waals surface area contributed by atoms with Crippen molar-refractivity contribution in [2.24, 2.45) is 0 Å². The number of hydrogen-bond acceptors (Lipinski definition) is 3. The molecule has 0 atom stereocenters. The molecule has 0 spiro atoms. The van der Waals surface area contributed by atoms with Crippen LogP contribution in [0.1, 0.15) is 50.0 Å². The van der Waals surface area contributed by atoms with E-state index in [0.717, 1.165) is 16.0 Å². The minimum atomic E-state index is 0.336. The monoisotopic (exact) mass is 255 g/mol. The molecule has 76 valence electrons. The summed E-state index contributed by atoms with van der Waals surface area (Å²) in [5, 5.41) is 0. The zero-order valence-corrected chi connectivity index (χ0v) is 10.0. The number of nitrogen functional groups attached to an aromatic ring is 1. The summed E-state index contributed by atoms with van der Waals surface area (Å²) >= 11 is 3.45. The van der Waals surface area contributed by atoms with Crippen LogP contribution in [0.2, 0.25) is 0 Å². The zero-order valence-electron chi connectivity index (χ0n) is 8.42. The number of aromatic nitrogens is 2. The van der Waals surface area contributed by atoms with E-state index in [0.29, 0.717) is 17.7 Å². The number of nitrogens with zero attached hydrogens (tertiary/aromatic N) is 2. The van der Waals surface area contributed by atoms with Crippen molar-refractivity contribution in [1.82, 2.24) is 9.97 Å². The third-order valence-corrected chi connectivity index (χ3v) is 3.21. The molecule has 0 bridgehead atoms. The third kappa shape index (κ3) is 1.75. The molecular formula is C10H14BrN3. The Morgan fingerprint density at radius 3 is 2.50 bits per heavy atom. The van der Waals surface area contributed by atoms with Gasteiger partial charge in [0.15, 0.2) is 0 Å². The fourth-order valence-corrected chi connectivity index (χ4v) is 1.89. The fourth-order valence-electron chi connectivity index (χ4n) is 1.39. The van der Waals surface area contributed by atoms with Gasteiger partial charge < -0.3 is 5.73 Å². The molecule has 0 saturated heterocycles. The van der Waals surface area contributed by atoms with Crippen molar-refractivity contribution < 1.29 is 0 Å². The molecule has 2 rings (SSSR count). The fraction of sp³-hybridized carbons (Fsp3) is 0.600. The average Bonchev–Trinajstić information content (AvgIpc) is 2.92. The summed E-state index contributed by atoms with van der Waals surface area (Å²) in [7, 11) is 0. The van der Waals surface area contributed by atoms with Crippen LogP contribution in [0.3, 0.4) is 0 Å². The second-order valence-electron chi connectivity index (χ2n) is 4.10. The summed E-state index contributed by atoms with van der Waals surface area (Å²) in [6.07, 6.45) is 2.46. The molecular weight excluding hydrogens is 242 g/mol. The molecule has 1 aromatic rings. The van der Waals surface area contributed by atoms with Crippen molar-refractivity contribution in [2.45, 2.75) is 38.5 Å². The van der Waals surface area contributed by atoms with E-state index in [9.17, 15) is 0 Å². The first-order valence-corrected chi connectivity index (χ1v) is 5.71. The third-order valence-electron chi connectivity index (χ3n) is 2.40. The van der Waals surface area contributed by atoms with Crippen LogP contribution in [-0.2, 0) is 0 Å². The Balaban J connectivity index is 2.46. The van der Waals surface area contributed by atoms with Gasteiger partial charge >= 0.3 is 0 Å². The van der Waals surface area contributed by atoms with Gasteiger partial charge in [0.2, 0.25) is 0 Å². The van der Waals surface area contributed by atoms with E-state index in [-0.39, 0.29) is 0 Å². The normalized spacial score (nSPS) is 16.3. The first kappa shape index (κ1) is 9.90. The maximum atomic E-state index is 5.83. The highest BCUT2D eigenvalue weighted by Gasteiger charge is 2.29. The SMILES string of the molecule is CC(C)c1nc(N)c(Br)c(C2CC2)n1. The molecule has 4 heteroatoms. The highest BCUT2D eigenvalue weighted by Crippen LogP contribution is 2.43. The maximum Gasteiger partial charge on any atom is 0.141 e. The van der Waals surface area contributed by atoms with Crippen molar-refractivity contribution >= 4 is 21.7 Å². The van der Waals surface area contributed by atoms with Crippen molar-refractivity contribution in [3.63, 3.8) is 0 Å². The summed E-state index contributed by atoms with van der Waals surface area (Å²) in [6, 6.07) is 0. The number of anilines is 1. The van der Waals surface area contributed by atoms with Gasteiger partial charge in [0.1, 0.15) is 11.6 Å². The Bertz CT molecular complexity index is 359.